The van der Waals surface area contributed by atoms with Gasteiger partial charge >= 0.3 is 10.1 Å². The van der Waals surface area contributed by atoms with Crippen LogP contribution in [0.3, 0.4) is 0 Å². The van der Waals surface area contributed by atoms with Crippen molar-refractivity contribution in [2.45, 2.75) is 18.2 Å². The zero-order valence-corrected chi connectivity index (χ0v) is 19.6. The summed E-state index contributed by atoms with van der Waals surface area (Å²) in [6, 6.07) is 14.0. The molecule has 0 aliphatic carbocycles. The molecule has 0 unspecified atom stereocenters. The molecule has 0 N–H and O–H groups in total. The highest BCUT2D eigenvalue weighted by molar-refractivity contribution is 7.87. The first-order valence-corrected chi connectivity index (χ1v) is 12.8. The largest absolute Gasteiger partial charge is 0.379 e. The first-order valence-electron chi connectivity index (χ1n) is 11.4. The molecule has 0 bridgehead atoms. The van der Waals surface area contributed by atoms with E-state index in [-0.39, 0.29) is 4.90 Å². The van der Waals surface area contributed by atoms with Gasteiger partial charge in [0.05, 0.1) is 13.2 Å². The van der Waals surface area contributed by atoms with Gasteiger partial charge < -0.3 is 13.8 Å². The molecule has 2 aromatic rings. The van der Waals surface area contributed by atoms with E-state index in [1.807, 2.05) is 19.1 Å². The Morgan fingerprint density at radius 1 is 0.812 bits per heavy atom. The zero-order valence-electron chi connectivity index (χ0n) is 18.8. The van der Waals surface area contributed by atoms with E-state index in [1.165, 1.54) is 6.42 Å². The summed E-state index contributed by atoms with van der Waals surface area (Å²) in [6.07, 6.45) is 1.20. The van der Waals surface area contributed by atoms with Crippen molar-refractivity contribution in [3.05, 3.63) is 54.1 Å². The number of morpholine rings is 1. The van der Waals surface area contributed by atoms with Gasteiger partial charge in [0.2, 0.25) is 0 Å². The molecule has 2 aliphatic rings. The summed E-state index contributed by atoms with van der Waals surface area (Å²) in [7, 11) is -3.82. The summed E-state index contributed by atoms with van der Waals surface area (Å²) < 4.78 is 35.7. The van der Waals surface area contributed by atoms with Crippen LogP contribution in [-0.4, -0.2) is 83.8 Å². The monoisotopic (exact) mass is 459 g/mol. The smallest absolute Gasteiger partial charge is 0.339 e. The van der Waals surface area contributed by atoms with Gasteiger partial charge in [0, 0.05) is 45.0 Å². The maximum atomic E-state index is 12.5. The van der Waals surface area contributed by atoms with Crippen LogP contribution in [0.4, 0.5) is 5.69 Å². The normalized spacial score (nSPS) is 18.6. The third-order valence-electron chi connectivity index (χ3n) is 6.14. The third-order valence-corrected chi connectivity index (χ3v) is 7.40. The van der Waals surface area contributed by atoms with E-state index in [9.17, 15) is 8.42 Å². The summed E-state index contributed by atoms with van der Waals surface area (Å²) >= 11 is 0. The van der Waals surface area contributed by atoms with E-state index in [1.54, 1.807) is 36.4 Å². The van der Waals surface area contributed by atoms with Crippen molar-refractivity contribution in [1.29, 1.82) is 0 Å². The quantitative estimate of drug-likeness (QED) is 0.563. The molecule has 32 heavy (non-hydrogen) atoms. The average molecular weight is 460 g/mol. The van der Waals surface area contributed by atoms with Crippen LogP contribution in [0.2, 0.25) is 0 Å². The minimum absolute atomic E-state index is 0.164. The van der Waals surface area contributed by atoms with Crippen molar-refractivity contribution in [3.63, 3.8) is 0 Å². The molecule has 2 fully saturated rings. The Morgan fingerprint density at radius 2 is 1.41 bits per heavy atom. The van der Waals surface area contributed by atoms with E-state index in [4.69, 9.17) is 8.92 Å². The predicted octanol–water partition coefficient (Wildman–Crippen LogP) is 2.61. The molecular formula is C24H33N3O4S. The lowest BCUT2D eigenvalue weighted by molar-refractivity contribution is 0.0360. The van der Waals surface area contributed by atoms with Crippen LogP contribution in [0, 0.1) is 6.92 Å². The van der Waals surface area contributed by atoms with Crippen molar-refractivity contribution in [1.82, 2.24) is 9.80 Å². The zero-order chi connectivity index (χ0) is 22.4. The van der Waals surface area contributed by atoms with Crippen molar-refractivity contribution in [3.8, 4) is 5.75 Å². The highest BCUT2D eigenvalue weighted by Gasteiger charge is 2.19. The number of hydrogen-bond acceptors (Lipinski definition) is 7. The summed E-state index contributed by atoms with van der Waals surface area (Å²) in [4.78, 5) is 7.53. The minimum Gasteiger partial charge on any atom is -0.379 e. The lowest BCUT2D eigenvalue weighted by Gasteiger charge is -2.36. The topological polar surface area (TPSA) is 62.3 Å². The maximum Gasteiger partial charge on any atom is 0.339 e. The molecule has 2 saturated heterocycles. The van der Waals surface area contributed by atoms with Gasteiger partial charge in [-0.15, -0.1) is 0 Å². The number of anilines is 1. The highest BCUT2D eigenvalue weighted by atomic mass is 32.2. The molecule has 2 aromatic carbocycles. The Morgan fingerprint density at radius 3 is 2.03 bits per heavy atom. The van der Waals surface area contributed by atoms with Gasteiger partial charge in [-0.2, -0.15) is 8.42 Å². The van der Waals surface area contributed by atoms with Crippen molar-refractivity contribution < 1.29 is 17.3 Å². The lowest BCUT2D eigenvalue weighted by atomic mass is 10.2. The highest BCUT2D eigenvalue weighted by Crippen LogP contribution is 2.24. The van der Waals surface area contributed by atoms with Gasteiger partial charge in [0.1, 0.15) is 10.6 Å². The molecule has 2 heterocycles. The predicted molar refractivity (Wildman–Crippen MR) is 126 cm³/mol. The molecule has 0 spiro atoms. The maximum absolute atomic E-state index is 12.5. The molecular weight excluding hydrogens is 426 g/mol. The van der Waals surface area contributed by atoms with Crippen LogP contribution >= 0.6 is 0 Å². The number of piperazine rings is 1. The van der Waals surface area contributed by atoms with Gasteiger partial charge in [-0.3, -0.25) is 9.80 Å². The van der Waals surface area contributed by atoms with Gasteiger partial charge in [0.15, 0.2) is 0 Å². The molecule has 0 aromatic heterocycles. The van der Waals surface area contributed by atoms with E-state index in [2.05, 4.69) is 14.7 Å². The fourth-order valence-electron chi connectivity index (χ4n) is 4.16. The number of hydrogen-bond donors (Lipinski definition) is 0. The van der Waals surface area contributed by atoms with E-state index in [0.29, 0.717) is 5.75 Å². The molecule has 8 heteroatoms. The first kappa shape index (κ1) is 23.0. The van der Waals surface area contributed by atoms with Crippen LogP contribution in [0.5, 0.6) is 5.75 Å². The molecule has 0 radical (unpaired) electrons. The Labute approximate surface area is 191 Å². The number of benzene rings is 2. The molecule has 0 saturated carbocycles. The van der Waals surface area contributed by atoms with Gasteiger partial charge in [-0.1, -0.05) is 17.7 Å². The second-order valence-electron chi connectivity index (χ2n) is 8.48. The van der Waals surface area contributed by atoms with Gasteiger partial charge in [-0.25, -0.2) is 0 Å². The van der Waals surface area contributed by atoms with Crippen LogP contribution in [0.1, 0.15) is 12.0 Å². The van der Waals surface area contributed by atoms with Crippen LogP contribution in [0.15, 0.2) is 53.4 Å². The Hall–Kier alpha value is -2.13. The number of nitrogens with zero attached hydrogens (tertiary/aromatic N) is 3. The van der Waals surface area contributed by atoms with Gasteiger partial charge in [-0.05, 0) is 62.8 Å². The lowest BCUT2D eigenvalue weighted by Crippen LogP contribution is -2.47. The van der Waals surface area contributed by atoms with Crippen LogP contribution < -0.4 is 9.08 Å². The Kier molecular flexibility index (Phi) is 7.67. The number of ether oxygens (including phenoxy) is 1. The van der Waals surface area contributed by atoms with E-state index in [0.717, 1.165) is 76.8 Å². The summed E-state index contributed by atoms with van der Waals surface area (Å²) in [5.41, 5.74) is 2.10. The fraction of sp³-hybridized carbons (Fsp3) is 0.500. The number of rotatable bonds is 8. The molecule has 174 valence electrons. The van der Waals surface area contributed by atoms with Gasteiger partial charge in [0.25, 0.3) is 0 Å². The summed E-state index contributed by atoms with van der Waals surface area (Å²) in [5, 5.41) is 0. The van der Waals surface area contributed by atoms with Crippen molar-refractivity contribution in [2.75, 3.05) is 70.5 Å². The molecule has 4 rings (SSSR count). The van der Waals surface area contributed by atoms with Crippen LogP contribution in [-0.2, 0) is 14.9 Å². The second kappa shape index (κ2) is 10.7. The molecule has 0 amide bonds. The number of aryl methyl sites for hydroxylation is 1. The average Bonchev–Trinajstić information content (AvgIpc) is 2.81. The van der Waals surface area contributed by atoms with E-state index >= 15 is 0 Å². The van der Waals surface area contributed by atoms with Crippen LogP contribution in [0.25, 0.3) is 0 Å². The Balaban J connectivity index is 1.23. The second-order valence-corrected chi connectivity index (χ2v) is 10.0. The van der Waals surface area contributed by atoms with Crippen molar-refractivity contribution in [2.24, 2.45) is 0 Å². The Bertz CT molecular complexity index is 950. The minimum atomic E-state index is -3.82. The SMILES string of the molecule is Cc1ccc(S(=O)(=O)Oc2ccc(N3CCN(CCCN4CCOCC4)CC3)cc2)cc1. The molecule has 2 aliphatic heterocycles. The fourth-order valence-corrected chi connectivity index (χ4v) is 5.09. The summed E-state index contributed by atoms with van der Waals surface area (Å²) in [5.74, 6) is 0.330. The standard InChI is InChI=1S/C24H33N3O4S/c1-21-3-9-24(10-4-21)32(28,29)31-23-7-5-22(6-8-23)27-15-13-25(14-16-27)11-2-12-26-17-19-30-20-18-26/h3-10H,2,11-20H2,1H3. The molecule has 7 nitrogen and oxygen atoms in total. The van der Waals surface area contributed by atoms with E-state index < -0.39 is 10.1 Å². The third kappa shape index (κ3) is 6.22. The first-order chi connectivity index (χ1) is 15.5. The molecule has 0 atom stereocenters. The summed E-state index contributed by atoms with van der Waals surface area (Å²) in [6.45, 7) is 12.1. The van der Waals surface area contributed by atoms with Crippen molar-refractivity contribution >= 4 is 15.8 Å².